The Kier molecular flexibility index (Phi) is 6.37. The molecule has 1 fully saturated rings. The first kappa shape index (κ1) is 21.0. The van der Waals surface area contributed by atoms with Crippen molar-refractivity contribution in [3.63, 3.8) is 0 Å². The van der Waals surface area contributed by atoms with Crippen molar-refractivity contribution >= 4 is 21.8 Å². The summed E-state index contributed by atoms with van der Waals surface area (Å²) in [5.41, 5.74) is 1.91. The highest BCUT2D eigenvalue weighted by molar-refractivity contribution is 7.91. The van der Waals surface area contributed by atoms with Gasteiger partial charge in [-0.1, -0.05) is 24.3 Å². The molecular formula is C22H24O6S. The van der Waals surface area contributed by atoms with Crippen LogP contribution in [0.25, 0.3) is 0 Å². The van der Waals surface area contributed by atoms with E-state index in [4.69, 9.17) is 9.47 Å². The van der Waals surface area contributed by atoms with Crippen LogP contribution in [-0.2, 0) is 19.4 Å². The molecule has 0 radical (unpaired) electrons. The number of carbonyl (C=O) groups excluding carboxylic acids is 2. The van der Waals surface area contributed by atoms with Gasteiger partial charge in [-0.15, -0.1) is 0 Å². The Morgan fingerprint density at radius 1 is 0.828 bits per heavy atom. The van der Waals surface area contributed by atoms with Crippen molar-refractivity contribution < 1.29 is 27.5 Å². The summed E-state index contributed by atoms with van der Waals surface area (Å²) < 4.78 is 34.9. The monoisotopic (exact) mass is 416 g/mol. The molecule has 2 atom stereocenters. The summed E-state index contributed by atoms with van der Waals surface area (Å²) in [5.74, 6) is -1.36. The van der Waals surface area contributed by atoms with E-state index in [0.29, 0.717) is 11.5 Å². The molecule has 0 unspecified atom stereocenters. The number of carbonyl (C=O) groups is 2. The van der Waals surface area contributed by atoms with Gasteiger partial charge in [-0.05, 0) is 61.1 Å². The van der Waals surface area contributed by atoms with Crippen molar-refractivity contribution in [1.29, 1.82) is 0 Å². The molecule has 6 nitrogen and oxygen atoms in total. The summed E-state index contributed by atoms with van der Waals surface area (Å²) >= 11 is 0. The summed E-state index contributed by atoms with van der Waals surface area (Å²) in [6.45, 7) is 3.77. The average molecular weight is 416 g/mol. The van der Waals surface area contributed by atoms with E-state index in [1.165, 1.54) is 0 Å². The van der Waals surface area contributed by atoms with Gasteiger partial charge in [0.1, 0.15) is 11.5 Å². The molecule has 29 heavy (non-hydrogen) atoms. The van der Waals surface area contributed by atoms with Crippen LogP contribution in [0, 0.1) is 25.7 Å². The van der Waals surface area contributed by atoms with Crippen LogP contribution in [0.2, 0.25) is 0 Å². The zero-order chi connectivity index (χ0) is 21.0. The predicted octanol–water partition coefficient (Wildman–Crippen LogP) is 3.26. The van der Waals surface area contributed by atoms with Gasteiger partial charge in [0.15, 0.2) is 9.84 Å². The molecule has 2 aromatic carbocycles. The van der Waals surface area contributed by atoms with Gasteiger partial charge in [-0.3, -0.25) is 9.59 Å². The molecule has 1 heterocycles. The molecule has 154 valence electrons. The lowest BCUT2D eigenvalue weighted by Crippen LogP contribution is -2.23. The summed E-state index contributed by atoms with van der Waals surface area (Å²) in [5, 5.41) is 0. The molecule has 3 rings (SSSR count). The van der Waals surface area contributed by atoms with E-state index in [9.17, 15) is 18.0 Å². The van der Waals surface area contributed by atoms with Crippen molar-refractivity contribution in [1.82, 2.24) is 0 Å². The second kappa shape index (κ2) is 8.78. The Balaban J connectivity index is 1.62. The maximum Gasteiger partial charge on any atom is 0.311 e. The fourth-order valence-corrected chi connectivity index (χ4v) is 5.80. The van der Waals surface area contributed by atoms with Gasteiger partial charge < -0.3 is 9.47 Å². The van der Waals surface area contributed by atoms with Crippen LogP contribution in [0.4, 0.5) is 0 Å². The molecule has 0 N–H and O–H groups in total. The van der Waals surface area contributed by atoms with Crippen molar-refractivity contribution in [3.05, 3.63) is 59.7 Å². The maximum atomic E-state index is 12.3. The topological polar surface area (TPSA) is 86.7 Å². The number of rotatable bonds is 6. The first-order chi connectivity index (χ1) is 13.7. The van der Waals surface area contributed by atoms with Crippen LogP contribution in [0.5, 0.6) is 11.5 Å². The van der Waals surface area contributed by atoms with E-state index < -0.39 is 33.6 Å². The van der Waals surface area contributed by atoms with Gasteiger partial charge in [0.05, 0.1) is 24.3 Å². The molecule has 0 spiro atoms. The number of benzene rings is 2. The molecule has 2 aromatic rings. The smallest absolute Gasteiger partial charge is 0.311 e. The van der Waals surface area contributed by atoms with Crippen molar-refractivity contribution in [2.24, 2.45) is 11.8 Å². The quantitative estimate of drug-likeness (QED) is 0.531. The molecule has 7 heteroatoms. The third kappa shape index (κ3) is 6.15. The van der Waals surface area contributed by atoms with E-state index >= 15 is 0 Å². The molecule has 0 bridgehead atoms. The van der Waals surface area contributed by atoms with Gasteiger partial charge in [0.25, 0.3) is 0 Å². The fraction of sp³-hybridized carbons (Fsp3) is 0.364. The summed E-state index contributed by atoms with van der Waals surface area (Å²) in [6.07, 6.45) is -0.120. The van der Waals surface area contributed by atoms with E-state index in [1.54, 1.807) is 36.4 Å². The van der Waals surface area contributed by atoms with Crippen molar-refractivity contribution in [2.45, 2.75) is 26.7 Å². The van der Waals surface area contributed by atoms with Crippen LogP contribution < -0.4 is 9.47 Å². The number of hydrogen-bond donors (Lipinski definition) is 0. The minimum atomic E-state index is -3.31. The van der Waals surface area contributed by atoms with E-state index in [-0.39, 0.29) is 24.3 Å². The molecule has 0 saturated carbocycles. The Hall–Kier alpha value is -2.67. The van der Waals surface area contributed by atoms with Crippen molar-refractivity contribution in [3.8, 4) is 11.5 Å². The summed E-state index contributed by atoms with van der Waals surface area (Å²) in [4.78, 5) is 24.6. The van der Waals surface area contributed by atoms with Crippen LogP contribution >= 0.6 is 0 Å². The number of ether oxygens (including phenoxy) is 2. The lowest BCUT2D eigenvalue weighted by atomic mass is 9.90. The molecular weight excluding hydrogens is 392 g/mol. The van der Waals surface area contributed by atoms with Crippen molar-refractivity contribution in [2.75, 3.05) is 11.5 Å². The Labute approximate surface area is 170 Å². The second-order valence-corrected chi connectivity index (χ2v) is 9.74. The van der Waals surface area contributed by atoms with E-state index in [0.717, 1.165) is 11.1 Å². The van der Waals surface area contributed by atoms with Gasteiger partial charge in [-0.2, -0.15) is 0 Å². The second-order valence-electron chi connectivity index (χ2n) is 7.59. The number of esters is 2. The summed E-state index contributed by atoms with van der Waals surface area (Å²) in [7, 11) is -3.31. The highest BCUT2D eigenvalue weighted by Crippen LogP contribution is 2.32. The maximum absolute atomic E-state index is 12.3. The van der Waals surface area contributed by atoms with E-state index in [1.807, 2.05) is 26.0 Å². The molecule has 0 aromatic heterocycles. The third-order valence-corrected chi connectivity index (χ3v) is 6.77. The SMILES string of the molecule is Cc1cccc(OC(=O)C[C@@H]2CS(=O)(=O)C[C@H]2CC(=O)Oc2cccc(C)c2)c1. The van der Waals surface area contributed by atoms with Crippen LogP contribution in [0.1, 0.15) is 24.0 Å². The molecule has 1 aliphatic heterocycles. The van der Waals surface area contributed by atoms with Gasteiger partial charge >= 0.3 is 11.9 Å². The average Bonchev–Trinajstić information content (AvgIpc) is 2.87. The fourth-order valence-electron chi connectivity index (χ4n) is 3.58. The summed E-state index contributed by atoms with van der Waals surface area (Å²) in [6, 6.07) is 14.2. The number of sulfone groups is 1. The van der Waals surface area contributed by atoms with Gasteiger partial charge in [-0.25, -0.2) is 8.42 Å². The number of hydrogen-bond acceptors (Lipinski definition) is 6. The minimum Gasteiger partial charge on any atom is -0.427 e. The zero-order valence-corrected chi connectivity index (χ0v) is 17.3. The molecule has 0 aliphatic carbocycles. The number of aryl methyl sites for hydroxylation is 2. The Morgan fingerprint density at radius 2 is 1.24 bits per heavy atom. The van der Waals surface area contributed by atoms with Crippen LogP contribution in [0.3, 0.4) is 0 Å². The molecule has 1 aliphatic rings. The predicted molar refractivity (Wildman–Crippen MR) is 108 cm³/mol. The Morgan fingerprint density at radius 3 is 1.62 bits per heavy atom. The van der Waals surface area contributed by atoms with Gasteiger partial charge in [0.2, 0.25) is 0 Å². The van der Waals surface area contributed by atoms with Crippen LogP contribution in [0.15, 0.2) is 48.5 Å². The van der Waals surface area contributed by atoms with Crippen LogP contribution in [-0.4, -0.2) is 31.9 Å². The first-order valence-corrected chi connectivity index (χ1v) is 11.3. The normalized spacial score (nSPS) is 20.2. The highest BCUT2D eigenvalue weighted by atomic mass is 32.2. The lowest BCUT2D eigenvalue weighted by Gasteiger charge is -2.16. The lowest BCUT2D eigenvalue weighted by molar-refractivity contribution is -0.138. The van der Waals surface area contributed by atoms with E-state index in [2.05, 4.69) is 0 Å². The molecule has 0 amide bonds. The minimum absolute atomic E-state index is 0.0600. The third-order valence-electron chi connectivity index (χ3n) is 4.90. The van der Waals surface area contributed by atoms with Gasteiger partial charge in [0, 0.05) is 0 Å². The standard InChI is InChI=1S/C22H24O6S/c1-15-5-3-7-19(9-15)27-21(23)11-17-13-29(25,26)14-18(17)12-22(24)28-20-8-4-6-16(2)10-20/h3-10,17-18H,11-14H2,1-2H3/t17-,18-/m1/s1. The zero-order valence-electron chi connectivity index (χ0n) is 16.5. The first-order valence-electron chi connectivity index (χ1n) is 9.45. The largest absolute Gasteiger partial charge is 0.427 e. The Bertz CT molecular complexity index is 936. The highest BCUT2D eigenvalue weighted by Gasteiger charge is 2.40. The molecule has 1 saturated heterocycles.